The van der Waals surface area contributed by atoms with Gasteiger partial charge in [-0.3, -0.25) is 0 Å². The lowest BCUT2D eigenvalue weighted by molar-refractivity contribution is 0.272. The Morgan fingerprint density at radius 3 is 2.79 bits per heavy atom. The van der Waals surface area contributed by atoms with E-state index in [1.165, 1.54) is 27.5 Å². The van der Waals surface area contributed by atoms with Crippen LogP contribution in [0.2, 0.25) is 0 Å². The molecule has 2 heteroatoms. The molecular formula is C12H15IO. The Labute approximate surface area is 98.7 Å². The molecule has 1 nitrogen and oxygen atoms in total. The first-order valence-corrected chi connectivity index (χ1v) is 6.20. The number of benzene rings is 1. The van der Waals surface area contributed by atoms with Crippen LogP contribution in [-0.4, -0.2) is 11.7 Å². The first-order valence-electron chi connectivity index (χ1n) is 5.12. The lowest BCUT2D eigenvalue weighted by Gasteiger charge is -2.12. The van der Waals surface area contributed by atoms with Crippen molar-refractivity contribution in [1.82, 2.24) is 0 Å². The average molecular weight is 302 g/mol. The number of hydrogen-bond acceptors (Lipinski definition) is 1. The van der Waals surface area contributed by atoms with E-state index in [1.54, 1.807) is 0 Å². The monoisotopic (exact) mass is 302 g/mol. The summed E-state index contributed by atoms with van der Waals surface area (Å²) in [5.41, 5.74) is 2.76. The van der Waals surface area contributed by atoms with Gasteiger partial charge in [0.05, 0.1) is 0 Å². The highest BCUT2D eigenvalue weighted by Crippen LogP contribution is 2.41. The summed E-state index contributed by atoms with van der Waals surface area (Å²) >= 11 is 2.35. The quantitative estimate of drug-likeness (QED) is 0.850. The summed E-state index contributed by atoms with van der Waals surface area (Å²) in [4.78, 5) is 0. The molecule has 1 atom stereocenters. The molecule has 0 aliphatic heterocycles. The van der Waals surface area contributed by atoms with Crippen molar-refractivity contribution in [1.29, 1.82) is 0 Å². The van der Waals surface area contributed by atoms with E-state index in [4.69, 9.17) is 5.11 Å². The summed E-state index contributed by atoms with van der Waals surface area (Å²) in [6.45, 7) is 2.32. The molecule has 0 heterocycles. The van der Waals surface area contributed by atoms with E-state index in [0.717, 1.165) is 5.92 Å². The predicted octanol–water partition coefficient (Wildman–Crippen LogP) is 3.26. The summed E-state index contributed by atoms with van der Waals surface area (Å²) in [5.74, 6) is 1.07. The topological polar surface area (TPSA) is 20.2 Å². The molecule has 1 saturated carbocycles. The maximum atomic E-state index is 9.15. The molecule has 1 aromatic carbocycles. The van der Waals surface area contributed by atoms with Gasteiger partial charge in [0, 0.05) is 16.1 Å². The van der Waals surface area contributed by atoms with Crippen LogP contribution in [0.15, 0.2) is 18.2 Å². The highest BCUT2D eigenvalue weighted by molar-refractivity contribution is 14.1. The normalized spacial score (nSPS) is 18.2. The molecule has 1 N–H and O–H groups in total. The number of hydrogen-bond donors (Lipinski definition) is 1. The zero-order valence-corrected chi connectivity index (χ0v) is 10.5. The molecule has 0 amide bonds. The fourth-order valence-corrected chi connectivity index (χ4v) is 2.58. The molecule has 0 saturated heterocycles. The second-order valence-electron chi connectivity index (χ2n) is 4.14. The van der Waals surface area contributed by atoms with E-state index >= 15 is 0 Å². The third kappa shape index (κ3) is 2.11. The summed E-state index contributed by atoms with van der Waals surface area (Å²) < 4.78 is 1.27. The Morgan fingerprint density at radius 1 is 1.50 bits per heavy atom. The maximum absolute atomic E-state index is 9.15. The van der Waals surface area contributed by atoms with Gasteiger partial charge < -0.3 is 5.11 Å². The van der Waals surface area contributed by atoms with Gasteiger partial charge in [0.1, 0.15) is 0 Å². The number of aliphatic hydroxyl groups is 1. The standard InChI is InChI=1S/C12H15IO/c1-8(7-14)11-6-10(9-2-3-9)4-5-12(11)13/h4-6,8-9,14H,2-3,7H2,1H3. The Hall–Kier alpha value is -0.0900. The van der Waals surface area contributed by atoms with Gasteiger partial charge in [-0.05, 0) is 58.5 Å². The maximum Gasteiger partial charge on any atom is 0.0497 e. The third-order valence-electron chi connectivity index (χ3n) is 2.87. The van der Waals surface area contributed by atoms with Crippen LogP contribution in [-0.2, 0) is 0 Å². The van der Waals surface area contributed by atoms with E-state index in [1.807, 2.05) is 0 Å². The van der Waals surface area contributed by atoms with Crippen LogP contribution in [0.5, 0.6) is 0 Å². The van der Waals surface area contributed by atoms with Gasteiger partial charge in [-0.1, -0.05) is 19.1 Å². The highest BCUT2D eigenvalue weighted by atomic mass is 127. The molecule has 2 rings (SSSR count). The van der Waals surface area contributed by atoms with Crippen LogP contribution in [0, 0.1) is 3.57 Å². The van der Waals surface area contributed by atoms with Crippen molar-refractivity contribution in [3.63, 3.8) is 0 Å². The van der Waals surface area contributed by atoms with Gasteiger partial charge in [0.15, 0.2) is 0 Å². The van der Waals surface area contributed by atoms with Crippen LogP contribution in [0.4, 0.5) is 0 Å². The molecule has 0 bridgehead atoms. The van der Waals surface area contributed by atoms with Crippen LogP contribution in [0.3, 0.4) is 0 Å². The van der Waals surface area contributed by atoms with E-state index in [0.29, 0.717) is 0 Å². The smallest absolute Gasteiger partial charge is 0.0497 e. The molecule has 1 unspecified atom stereocenters. The van der Waals surface area contributed by atoms with Gasteiger partial charge in [-0.2, -0.15) is 0 Å². The first-order chi connectivity index (χ1) is 6.72. The highest BCUT2D eigenvalue weighted by Gasteiger charge is 2.24. The van der Waals surface area contributed by atoms with E-state index in [-0.39, 0.29) is 12.5 Å². The van der Waals surface area contributed by atoms with Crippen LogP contribution >= 0.6 is 22.6 Å². The fraction of sp³-hybridized carbons (Fsp3) is 0.500. The number of aliphatic hydroxyl groups excluding tert-OH is 1. The Bertz CT molecular complexity index is 331. The second kappa shape index (κ2) is 4.19. The van der Waals surface area contributed by atoms with Gasteiger partial charge in [0.2, 0.25) is 0 Å². The van der Waals surface area contributed by atoms with Crippen molar-refractivity contribution in [3.05, 3.63) is 32.9 Å². The van der Waals surface area contributed by atoms with Gasteiger partial charge in [-0.15, -0.1) is 0 Å². The van der Waals surface area contributed by atoms with Gasteiger partial charge in [-0.25, -0.2) is 0 Å². The van der Waals surface area contributed by atoms with Crippen LogP contribution < -0.4 is 0 Å². The van der Waals surface area contributed by atoms with E-state index < -0.39 is 0 Å². The zero-order chi connectivity index (χ0) is 10.1. The fourth-order valence-electron chi connectivity index (χ4n) is 1.71. The van der Waals surface area contributed by atoms with E-state index in [9.17, 15) is 0 Å². The molecule has 1 fully saturated rings. The average Bonchev–Trinajstić information content (AvgIpc) is 3.01. The molecule has 1 aliphatic carbocycles. The Balaban J connectivity index is 2.31. The van der Waals surface area contributed by atoms with Crippen LogP contribution in [0.1, 0.15) is 42.7 Å². The Kier molecular flexibility index (Phi) is 3.12. The molecular weight excluding hydrogens is 287 g/mol. The van der Waals surface area contributed by atoms with Crippen molar-refractivity contribution < 1.29 is 5.11 Å². The summed E-state index contributed by atoms with van der Waals surface area (Å²) in [6, 6.07) is 6.68. The number of halogens is 1. The molecule has 0 spiro atoms. The molecule has 1 aliphatic rings. The Morgan fingerprint density at radius 2 is 2.21 bits per heavy atom. The molecule has 14 heavy (non-hydrogen) atoms. The molecule has 1 aromatic rings. The predicted molar refractivity (Wildman–Crippen MR) is 66.6 cm³/mol. The minimum Gasteiger partial charge on any atom is -0.396 e. The third-order valence-corrected chi connectivity index (χ3v) is 3.86. The second-order valence-corrected chi connectivity index (χ2v) is 5.30. The molecule has 76 valence electrons. The van der Waals surface area contributed by atoms with E-state index in [2.05, 4.69) is 47.7 Å². The van der Waals surface area contributed by atoms with Crippen molar-refractivity contribution in [2.75, 3.05) is 6.61 Å². The van der Waals surface area contributed by atoms with Crippen LogP contribution in [0.25, 0.3) is 0 Å². The molecule has 0 aromatic heterocycles. The minimum absolute atomic E-state index is 0.240. The van der Waals surface area contributed by atoms with Gasteiger partial charge >= 0.3 is 0 Å². The first kappa shape index (κ1) is 10.4. The van der Waals surface area contributed by atoms with Crippen molar-refractivity contribution in [3.8, 4) is 0 Å². The van der Waals surface area contributed by atoms with Gasteiger partial charge in [0.25, 0.3) is 0 Å². The minimum atomic E-state index is 0.240. The summed E-state index contributed by atoms with van der Waals surface area (Å²) in [6.07, 6.45) is 2.68. The lowest BCUT2D eigenvalue weighted by atomic mass is 9.98. The lowest BCUT2D eigenvalue weighted by Crippen LogP contribution is -2.02. The van der Waals surface area contributed by atoms with Crippen molar-refractivity contribution in [2.45, 2.75) is 31.6 Å². The van der Waals surface area contributed by atoms with Crippen molar-refractivity contribution >= 4 is 22.6 Å². The zero-order valence-electron chi connectivity index (χ0n) is 8.33. The number of rotatable bonds is 3. The summed E-state index contributed by atoms with van der Waals surface area (Å²) in [7, 11) is 0. The molecule has 0 radical (unpaired) electrons. The largest absolute Gasteiger partial charge is 0.396 e. The summed E-state index contributed by atoms with van der Waals surface area (Å²) in [5, 5.41) is 9.15. The van der Waals surface area contributed by atoms with Crippen molar-refractivity contribution in [2.24, 2.45) is 0 Å². The SMILES string of the molecule is CC(CO)c1cc(C2CC2)ccc1I.